The first-order chi connectivity index (χ1) is 7.51. The average molecular weight is 230 g/mol. The topological polar surface area (TPSA) is 89.9 Å². The van der Waals surface area contributed by atoms with Crippen molar-refractivity contribution in [3.8, 4) is 0 Å². The van der Waals surface area contributed by atoms with E-state index in [1.807, 2.05) is 0 Å². The van der Waals surface area contributed by atoms with E-state index >= 15 is 0 Å². The molecule has 16 heavy (non-hydrogen) atoms. The maximum Gasteiger partial charge on any atom is 0.337 e. The van der Waals surface area contributed by atoms with E-state index in [-0.39, 0.29) is 19.6 Å². The highest BCUT2D eigenvalue weighted by Crippen LogP contribution is 2.06. The zero-order valence-corrected chi connectivity index (χ0v) is 8.97. The first kappa shape index (κ1) is 14.3. The van der Waals surface area contributed by atoms with E-state index < -0.39 is 23.8 Å². The summed E-state index contributed by atoms with van der Waals surface area (Å²) in [6.07, 6.45) is 0.651. The minimum absolute atomic E-state index is 0.119. The summed E-state index contributed by atoms with van der Waals surface area (Å²) < 4.78 is 8.86. The van der Waals surface area contributed by atoms with Crippen molar-refractivity contribution in [3.05, 3.63) is 12.7 Å². The van der Waals surface area contributed by atoms with Crippen molar-refractivity contribution in [3.63, 3.8) is 0 Å². The molecule has 0 radical (unpaired) electrons. The lowest BCUT2D eigenvalue weighted by Gasteiger charge is -2.08. The fraction of sp³-hybridized carbons (Fsp3) is 0.500. The summed E-state index contributed by atoms with van der Waals surface area (Å²) in [5.41, 5.74) is 0. The Morgan fingerprint density at radius 2 is 2.06 bits per heavy atom. The van der Waals surface area contributed by atoms with Crippen LogP contribution >= 0.6 is 0 Å². The Kier molecular flexibility index (Phi) is 6.78. The predicted octanol–water partition coefficient (Wildman–Crippen LogP) is -0.196. The van der Waals surface area contributed by atoms with Crippen molar-refractivity contribution < 1.29 is 29.0 Å². The molecule has 1 atom stereocenters. The van der Waals surface area contributed by atoms with Crippen molar-refractivity contribution in [1.29, 1.82) is 0 Å². The minimum atomic E-state index is -0.861. The highest BCUT2D eigenvalue weighted by atomic mass is 16.6. The van der Waals surface area contributed by atoms with Gasteiger partial charge in [-0.3, -0.25) is 9.59 Å². The summed E-state index contributed by atoms with van der Waals surface area (Å²) in [5.74, 6) is -3.09. The Morgan fingerprint density at radius 3 is 2.56 bits per heavy atom. The van der Waals surface area contributed by atoms with E-state index in [1.165, 1.54) is 6.92 Å². The zero-order valence-electron chi connectivity index (χ0n) is 8.97. The molecule has 0 aromatic heterocycles. The Morgan fingerprint density at radius 1 is 1.44 bits per heavy atom. The van der Waals surface area contributed by atoms with E-state index in [0.29, 0.717) is 0 Å². The van der Waals surface area contributed by atoms with Gasteiger partial charge in [0.25, 0.3) is 0 Å². The molecule has 0 aromatic carbocycles. The van der Waals surface area contributed by atoms with Gasteiger partial charge < -0.3 is 14.6 Å². The third-order valence-corrected chi connectivity index (χ3v) is 1.60. The second-order valence-corrected chi connectivity index (χ2v) is 2.99. The summed E-state index contributed by atoms with van der Waals surface area (Å²) in [4.78, 5) is 32.9. The van der Waals surface area contributed by atoms with E-state index in [4.69, 9.17) is 5.11 Å². The molecule has 90 valence electrons. The van der Waals surface area contributed by atoms with Gasteiger partial charge in [-0.05, 0) is 0 Å². The van der Waals surface area contributed by atoms with Gasteiger partial charge in [-0.2, -0.15) is 0 Å². The van der Waals surface area contributed by atoms with Crippen molar-refractivity contribution in [2.24, 2.45) is 5.92 Å². The van der Waals surface area contributed by atoms with Crippen molar-refractivity contribution >= 4 is 17.9 Å². The first-order valence-electron chi connectivity index (χ1n) is 4.65. The molecule has 0 saturated heterocycles. The summed E-state index contributed by atoms with van der Waals surface area (Å²) in [6.45, 7) is 4.16. The highest BCUT2D eigenvalue weighted by molar-refractivity contribution is 5.93. The van der Waals surface area contributed by atoms with Gasteiger partial charge in [0, 0.05) is 6.08 Å². The molecule has 0 rings (SSSR count). The largest absolute Gasteiger partial charge is 0.463 e. The lowest BCUT2D eigenvalue weighted by molar-refractivity contribution is -0.162. The van der Waals surface area contributed by atoms with Crippen LogP contribution in [-0.4, -0.2) is 36.2 Å². The van der Waals surface area contributed by atoms with Gasteiger partial charge in [-0.1, -0.05) is 13.5 Å². The molecule has 0 spiro atoms. The van der Waals surface area contributed by atoms with E-state index in [1.54, 1.807) is 0 Å². The van der Waals surface area contributed by atoms with Crippen LogP contribution < -0.4 is 0 Å². The van der Waals surface area contributed by atoms with Gasteiger partial charge in [0.15, 0.2) is 0 Å². The summed E-state index contributed by atoms with van der Waals surface area (Å²) in [5, 5.41) is 8.38. The van der Waals surface area contributed by atoms with Crippen molar-refractivity contribution in [2.45, 2.75) is 13.3 Å². The van der Waals surface area contributed by atoms with Gasteiger partial charge in [0.1, 0.15) is 6.61 Å². The van der Waals surface area contributed by atoms with E-state index in [0.717, 1.165) is 6.08 Å². The van der Waals surface area contributed by atoms with Crippen molar-refractivity contribution in [1.82, 2.24) is 0 Å². The molecule has 0 aliphatic rings. The second kappa shape index (κ2) is 7.58. The average Bonchev–Trinajstić information content (AvgIpc) is 2.25. The molecular weight excluding hydrogens is 216 g/mol. The Bertz CT molecular complexity index is 283. The third-order valence-electron chi connectivity index (χ3n) is 1.60. The molecule has 0 bridgehead atoms. The number of aliphatic hydroxyl groups is 1. The number of hydrogen-bond donors (Lipinski definition) is 1. The maximum atomic E-state index is 11.2. The molecule has 0 aromatic rings. The fourth-order valence-electron chi connectivity index (χ4n) is 0.793. The standard InChI is InChI=1S/C10H14O6/c1-3-8(12)16-10(14)7(2)6-9(13)15-5-4-11/h3,7,11H,1,4-6H2,2H3. The first-order valence-corrected chi connectivity index (χ1v) is 4.65. The lowest BCUT2D eigenvalue weighted by Crippen LogP contribution is -2.22. The molecule has 0 aliphatic carbocycles. The van der Waals surface area contributed by atoms with Crippen LogP contribution in [0.4, 0.5) is 0 Å². The normalized spacial score (nSPS) is 11.4. The molecule has 1 N–H and O–H groups in total. The van der Waals surface area contributed by atoms with Crippen LogP contribution in [0.1, 0.15) is 13.3 Å². The number of aliphatic hydroxyl groups excluding tert-OH is 1. The van der Waals surface area contributed by atoms with E-state index in [2.05, 4.69) is 16.1 Å². The SMILES string of the molecule is C=CC(=O)OC(=O)C(C)CC(=O)OCCO. The highest BCUT2D eigenvalue weighted by Gasteiger charge is 2.20. The molecular formula is C10H14O6. The van der Waals surface area contributed by atoms with Crippen LogP contribution in [0.25, 0.3) is 0 Å². The van der Waals surface area contributed by atoms with Crippen molar-refractivity contribution in [2.75, 3.05) is 13.2 Å². The van der Waals surface area contributed by atoms with Crippen LogP contribution in [0.2, 0.25) is 0 Å². The molecule has 1 unspecified atom stereocenters. The second-order valence-electron chi connectivity index (χ2n) is 2.99. The van der Waals surface area contributed by atoms with Gasteiger partial charge in [-0.15, -0.1) is 0 Å². The van der Waals surface area contributed by atoms with Crippen LogP contribution in [0.15, 0.2) is 12.7 Å². The number of rotatable bonds is 6. The maximum absolute atomic E-state index is 11.2. The Labute approximate surface area is 92.8 Å². The minimum Gasteiger partial charge on any atom is -0.463 e. The van der Waals surface area contributed by atoms with Gasteiger partial charge in [0.2, 0.25) is 0 Å². The number of carbonyl (C=O) groups is 3. The quantitative estimate of drug-likeness (QED) is 0.386. The lowest BCUT2D eigenvalue weighted by atomic mass is 10.1. The molecule has 0 heterocycles. The van der Waals surface area contributed by atoms with E-state index in [9.17, 15) is 14.4 Å². The Hall–Kier alpha value is -1.69. The van der Waals surface area contributed by atoms with Crippen LogP contribution in [0.5, 0.6) is 0 Å². The molecule has 6 nitrogen and oxygen atoms in total. The third kappa shape index (κ3) is 5.92. The molecule has 0 amide bonds. The van der Waals surface area contributed by atoms with Gasteiger partial charge >= 0.3 is 17.9 Å². The predicted molar refractivity (Wildman–Crippen MR) is 53.1 cm³/mol. The molecule has 6 heteroatoms. The number of ether oxygens (including phenoxy) is 2. The molecule has 0 fully saturated rings. The monoisotopic (exact) mass is 230 g/mol. The van der Waals surface area contributed by atoms with Crippen LogP contribution in [0.3, 0.4) is 0 Å². The summed E-state index contributed by atoms with van der Waals surface area (Å²) in [7, 11) is 0. The number of hydrogen-bond acceptors (Lipinski definition) is 6. The Balaban J connectivity index is 3.99. The van der Waals surface area contributed by atoms with Crippen LogP contribution in [-0.2, 0) is 23.9 Å². The molecule has 0 saturated carbocycles. The van der Waals surface area contributed by atoms with Gasteiger partial charge in [0.05, 0.1) is 18.9 Å². The zero-order chi connectivity index (χ0) is 12.6. The fourth-order valence-corrected chi connectivity index (χ4v) is 0.793. The smallest absolute Gasteiger partial charge is 0.337 e. The van der Waals surface area contributed by atoms with Gasteiger partial charge in [-0.25, -0.2) is 4.79 Å². The number of esters is 3. The molecule has 0 aliphatic heterocycles. The van der Waals surface area contributed by atoms with Crippen LogP contribution in [0, 0.1) is 5.92 Å². The summed E-state index contributed by atoms with van der Waals surface area (Å²) in [6, 6.07) is 0. The summed E-state index contributed by atoms with van der Waals surface area (Å²) >= 11 is 0. The number of carbonyl (C=O) groups excluding carboxylic acids is 3.